The molecule has 1 aliphatic rings. The number of anilines is 1. The van der Waals surface area contributed by atoms with Crippen molar-refractivity contribution < 1.29 is 14.6 Å². The fourth-order valence-electron chi connectivity index (χ4n) is 3.51. The molecule has 0 bridgehead atoms. The second kappa shape index (κ2) is 5.92. The van der Waals surface area contributed by atoms with E-state index in [2.05, 4.69) is 0 Å². The molecular weight excluding hydrogens is 326 g/mol. The highest BCUT2D eigenvalue weighted by molar-refractivity contribution is 6.09. The maximum absolute atomic E-state index is 13.4. The van der Waals surface area contributed by atoms with Gasteiger partial charge in [-0.05, 0) is 24.6 Å². The average molecular weight is 345 g/mol. The first-order valence-corrected chi connectivity index (χ1v) is 8.46. The van der Waals surface area contributed by atoms with Crippen LogP contribution in [-0.2, 0) is 10.4 Å². The van der Waals surface area contributed by atoms with E-state index in [1.807, 2.05) is 54.6 Å². The van der Waals surface area contributed by atoms with Gasteiger partial charge in [-0.25, -0.2) is 0 Å². The van der Waals surface area contributed by atoms with Crippen molar-refractivity contribution >= 4 is 11.6 Å². The molecular formula is C22H19NO3. The molecule has 4 nitrogen and oxygen atoms in total. The molecule has 0 saturated carbocycles. The third-order valence-corrected chi connectivity index (χ3v) is 4.89. The summed E-state index contributed by atoms with van der Waals surface area (Å²) >= 11 is 0. The van der Waals surface area contributed by atoms with Crippen LogP contribution in [0.15, 0.2) is 72.8 Å². The second-order valence-corrected chi connectivity index (χ2v) is 6.45. The highest BCUT2D eigenvalue weighted by Crippen LogP contribution is 2.48. The molecule has 0 aliphatic carbocycles. The lowest BCUT2D eigenvalue weighted by Gasteiger charge is -2.30. The number of rotatable bonds is 3. The highest BCUT2D eigenvalue weighted by atomic mass is 16.5. The van der Waals surface area contributed by atoms with Crippen molar-refractivity contribution in [2.24, 2.45) is 0 Å². The molecule has 0 radical (unpaired) electrons. The predicted octanol–water partition coefficient (Wildman–Crippen LogP) is 4.00. The molecule has 1 heterocycles. The Balaban J connectivity index is 1.99. The molecule has 0 unspecified atom stereocenters. The lowest BCUT2D eigenvalue weighted by atomic mass is 9.87. The van der Waals surface area contributed by atoms with Crippen molar-refractivity contribution in [3.63, 3.8) is 0 Å². The van der Waals surface area contributed by atoms with Gasteiger partial charge >= 0.3 is 0 Å². The van der Waals surface area contributed by atoms with Crippen molar-refractivity contribution in [2.75, 3.05) is 11.9 Å². The fourth-order valence-corrected chi connectivity index (χ4v) is 3.51. The number of fused-ring (bicyclic) bond motifs is 1. The Morgan fingerprint density at radius 2 is 1.62 bits per heavy atom. The number of phenolic OH excluding ortho intramolecular Hbond substituents is 1. The first-order valence-electron chi connectivity index (χ1n) is 8.46. The van der Waals surface area contributed by atoms with Crippen LogP contribution in [-0.4, -0.2) is 18.1 Å². The van der Waals surface area contributed by atoms with Crippen molar-refractivity contribution in [3.05, 3.63) is 89.5 Å². The number of benzene rings is 3. The third kappa shape index (κ3) is 2.19. The smallest absolute Gasteiger partial charge is 0.280 e. The Bertz CT molecular complexity index is 984. The lowest BCUT2D eigenvalue weighted by Crippen LogP contribution is -2.44. The summed E-state index contributed by atoms with van der Waals surface area (Å²) in [4.78, 5) is 15.0. The maximum atomic E-state index is 13.4. The largest absolute Gasteiger partial charge is 0.504 e. The number of nitrogens with zero attached hydrogens (tertiary/aromatic N) is 1. The van der Waals surface area contributed by atoms with Gasteiger partial charge in [0.15, 0.2) is 11.5 Å². The van der Waals surface area contributed by atoms with Gasteiger partial charge in [0.05, 0.1) is 5.69 Å². The van der Waals surface area contributed by atoms with E-state index in [0.717, 1.165) is 16.8 Å². The predicted molar refractivity (Wildman–Crippen MR) is 101 cm³/mol. The fraction of sp³-hybridized carbons (Fsp3) is 0.136. The summed E-state index contributed by atoms with van der Waals surface area (Å²) < 4.78 is 6.33. The molecule has 130 valence electrons. The summed E-state index contributed by atoms with van der Waals surface area (Å²) in [5.41, 5.74) is 1.64. The van der Waals surface area contributed by atoms with Crippen LogP contribution in [0.4, 0.5) is 5.69 Å². The number of carbonyl (C=O) groups excluding carboxylic acids is 1. The van der Waals surface area contributed by atoms with Crippen LogP contribution in [0.3, 0.4) is 0 Å². The van der Waals surface area contributed by atoms with E-state index >= 15 is 0 Å². The van der Waals surface area contributed by atoms with Crippen LogP contribution in [0.1, 0.15) is 16.7 Å². The van der Waals surface area contributed by atoms with E-state index in [1.165, 1.54) is 0 Å². The topological polar surface area (TPSA) is 49.8 Å². The molecule has 0 aromatic heterocycles. The van der Waals surface area contributed by atoms with Gasteiger partial charge in [0.2, 0.25) is 5.60 Å². The van der Waals surface area contributed by atoms with E-state index in [0.29, 0.717) is 5.56 Å². The molecule has 26 heavy (non-hydrogen) atoms. The molecule has 1 aliphatic heterocycles. The number of para-hydroxylation sites is 2. The number of aromatic hydroxyl groups is 1. The van der Waals surface area contributed by atoms with E-state index < -0.39 is 5.60 Å². The molecule has 3 aromatic rings. The molecule has 3 aromatic carbocycles. The van der Waals surface area contributed by atoms with E-state index in [-0.39, 0.29) is 17.4 Å². The van der Waals surface area contributed by atoms with Crippen LogP contribution in [0.25, 0.3) is 0 Å². The summed E-state index contributed by atoms with van der Waals surface area (Å²) in [5, 5.41) is 10.5. The maximum Gasteiger partial charge on any atom is 0.280 e. The Morgan fingerprint density at radius 1 is 0.923 bits per heavy atom. The van der Waals surface area contributed by atoms with Gasteiger partial charge in [-0.1, -0.05) is 60.7 Å². The Labute approximate surface area is 152 Å². The molecule has 1 atom stereocenters. The number of carbonyl (C=O) groups is 1. The summed E-state index contributed by atoms with van der Waals surface area (Å²) in [6, 6.07) is 22.3. The second-order valence-electron chi connectivity index (χ2n) is 6.45. The van der Waals surface area contributed by atoms with E-state index in [4.69, 9.17) is 4.74 Å². The minimum atomic E-state index is -1.34. The van der Waals surface area contributed by atoms with Crippen LogP contribution < -0.4 is 9.64 Å². The van der Waals surface area contributed by atoms with Crippen LogP contribution in [0.5, 0.6) is 11.5 Å². The SMILES string of the molecule is Cc1cccc(O[C@@]2(c3ccccc3)C(=O)N(C)c3ccccc32)c1O. The summed E-state index contributed by atoms with van der Waals surface area (Å²) in [6.07, 6.45) is 0. The first kappa shape index (κ1) is 16.2. The molecule has 4 heteroatoms. The quantitative estimate of drug-likeness (QED) is 0.781. The summed E-state index contributed by atoms with van der Waals surface area (Å²) in [6.45, 7) is 1.80. The summed E-state index contributed by atoms with van der Waals surface area (Å²) in [5.74, 6) is 0.140. The van der Waals surface area contributed by atoms with Gasteiger partial charge in [-0.15, -0.1) is 0 Å². The van der Waals surface area contributed by atoms with Gasteiger partial charge in [0.25, 0.3) is 5.91 Å². The zero-order valence-electron chi connectivity index (χ0n) is 14.6. The van der Waals surface area contributed by atoms with Crippen LogP contribution >= 0.6 is 0 Å². The Hall–Kier alpha value is -3.27. The number of hydrogen-bond acceptors (Lipinski definition) is 3. The molecule has 1 N–H and O–H groups in total. The van der Waals surface area contributed by atoms with E-state index in [9.17, 15) is 9.90 Å². The Kier molecular flexibility index (Phi) is 3.69. The zero-order chi connectivity index (χ0) is 18.3. The number of ether oxygens (including phenoxy) is 1. The molecule has 0 fully saturated rings. The normalized spacial score (nSPS) is 18.7. The van der Waals surface area contributed by atoms with Gasteiger partial charge in [-0.3, -0.25) is 4.79 Å². The minimum absolute atomic E-state index is 0.0441. The van der Waals surface area contributed by atoms with Gasteiger partial charge in [0.1, 0.15) is 0 Å². The van der Waals surface area contributed by atoms with Crippen molar-refractivity contribution in [2.45, 2.75) is 12.5 Å². The number of aryl methyl sites for hydroxylation is 1. The van der Waals surface area contributed by atoms with Gasteiger partial charge < -0.3 is 14.7 Å². The van der Waals surface area contributed by atoms with Crippen LogP contribution in [0, 0.1) is 6.92 Å². The van der Waals surface area contributed by atoms with Gasteiger partial charge in [0, 0.05) is 18.2 Å². The molecule has 1 amide bonds. The van der Waals surface area contributed by atoms with E-state index in [1.54, 1.807) is 37.1 Å². The number of amides is 1. The molecule has 4 rings (SSSR count). The Morgan fingerprint density at radius 3 is 2.38 bits per heavy atom. The number of phenols is 1. The monoisotopic (exact) mass is 345 g/mol. The van der Waals surface area contributed by atoms with Crippen molar-refractivity contribution in [3.8, 4) is 11.5 Å². The standard InChI is InChI=1S/C22H19NO3/c1-15-9-8-14-19(20(15)24)26-22(16-10-4-3-5-11-16)17-12-6-7-13-18(17)23(2)21(22)25/h3-14,24H,1-2H3/t22-/m1/s1. The first-order chi connectivity index (χ1) is 12.6. The van der Waals surface area contributed by atoms with Gasteiger partial charge in [-0.2, -0.15) is 0 Å². The minimum Gasteiger partial charge on any atom is -0.504 e. The van der Waals surface area contributed by atoms with Crippen molar-refractivity contribution in [1.29, 1.82) is 0 Å². The third-order valence-electron chi connectivity index (χ3n) is 4.89. The molecule has 0 spiro atoms. The molecule has 0 saturated heterocycles. The zero-order valence-corrected chi connectivity index (χ0v) is 14.6. The number of hydrogen-bond donors (Lipinski definition) is 1. The van der Waals surface area contributed by atoms with Crippen molar-refractivity contribution in [1.82, 2.24) is 0 Å². The average Bonchev–Trinajstić information content (AvgIpc) is 2.89. The van der Waals surface area contributed by atoms with Crippen LogP contribution in [0.2, 0.25) is 0 Å². The number of likely N-dealkylation sites (N-methyl/N-ethyl adjacent to an activating group) is 1. The summed E-state index contributed by atoms with van der Waals surface area (Å²) in [7, 11) is 1.74. The highest BCUT2D eigenvalue weighted by Gasteiger charge is 2.53. The lowest BCUT2D eigenvalue weighted by molar-refractivity contribution is -0.129.